The molecule has 0 radical (unpaired) electrons. The van der Waals surface area contributed by atoms with E-state index < -0.39 is 5.97 Å². The van der Waals surface area contributed by atoms with Gasteiger partial charge in [-0.2, -0.15) is 5.10 Å². The lowest BCUT2D eigenvalue weighted by atomic mass is 10.1. The van der Waals surface area contributed by atoms with Crippen LogP contribution in [-0.2, 0) is 7.05 Å². The summed E-state index contributed by atoms with van der Waals surface area (Å²) in [6.07, 6.45) is 5.38. The Morgan fingerprint density at radius 1 is 1.22 bits per heavy atom. The summed E-state index contributed by atoms with van der Waals surface area (Å²) in [7, 11) is 1.85. The third-order valence-corrected chi connectivity index (χ3v) is 3.34. The van der Waals surface area contributed by atoms with Gasteiger partial charge in [0.2, 0.25) is 5.95 Å². The molecule has 0 aliphatic heterocycles. The van der Waals surface area contributed by atoms with Gasteiger partial charge in [0.05, 0.1) is 17.5 Å². The molecule has 0 amide bonds. The molecule has 3 rings (SSSR count). The fourth-order valence-electron chi connectivity index (χ4n) is 2.16. The van der Waals surface area contributed by atoms with E-state index in [0.717, 1.165) is 22.5 Å². The number of benzene rings is 1. The topological polar surface area (TPSA) is 92.9 Å². The van der Waals surface area contributed by atoms with E-state index in [-0.39, 0.29) is 5.56 Å². The Morgan fingerprint density at radius 3 is 2.57 bits per heavy atom. The van der Waals surface area contributed by atoms with Gasteiger partial charge in [-0.15, -0.1) is 0 Å². The number of carbonyl (C=O) groups is 1. The van der Waals surface area contributed by atoms with E-state index in [1.165, 1.54) is 12.1 Å². The fraction of sp³-hybridized carbons (Fsp3) is 0.125. The number of aryl methyl sites for hydroxylation is 2. The molecule has 0 aliphatic rings. The zero-order valence-corrected chi connectivity index (χ0v) is 12.7. The summed E-state index contributed by atoms with van der Waals surface area (Å²) in [5.74, 6) is -0.514. The molecule has 23 heavy (non-hydrogen) atoms. The number of nitrogens with one attached hydrogen (secondary N) is 1. The first-order valence-corrected chi connectivity index (χ1v) is 6.96. The Morgan fingerprint density at radius 2 is 1.96 bits per heavy atom. The Hall–Kier alpha value is -3.22. The molecule has 2 N–H and O–H groups in total. The summed E-state index contributed by atoms with van der Waals surface area (Å²) in [6.45, 7) is 1.94. The van der Waals surface area contributed by atoms with Gasteiger partial charge in [0.1, 0.15) is 0 Å². The highest BCUT2D eigenvalue weighted by Gasteiger charge is 2.09. The molecule has 0 aliphatic carbocycles. The van der Waals surface area contributed by atoms with Gasteiger partial charge in [-0.3, -0.25) is 4.68 Å². The van der Waals surface area contributed by atoms with Crippen LogP contribution in [0.3, 0.4) is 0 Å². The number of carboxylic acid groups (broad SMARTS) is 1. The number of carboxylic acids is 1. The van der Waals surface area contributed by atoms with Crippen molar-refractivity contribution in [2.75, 3.05) is 5.32 Å². The van der Waals surface area contributed by atoms with Crippen molar-refractivity contribution in [3.05, 3.63) is 54.0 Å². The van der Waals surface area contributed by atoms with Crippen molar-refractivity contribution in [1.82, 2.24) is 19.7 Å². The number of nitrogens with zero attached hydrogens (tertiary/aromatic N) is 4. The molecule has 7 heteroatoms. The van der Waals surface area contributed by atoms with E-state index in [4.69, 9.17) is 5.11 Å². The standard InChI is InChI=1S/C16H15N5O2/c1-10-7-17-16(20-14(10)12-8-18-21(2)9-12)19-13-5-3-11(4-6-13)15(22)23/h3-9H,1-2H3,(H,22,23)(H,17,19,20). The molecule has 7 nitrogen and oxygen atoms in total. The van der Waals surface area contributed by atoms with Crippen molar-refractivity contribution in [2.45, 2.75) is 6.92 Å². The van der Waals surface area contributed by atoms with E-state index >= 15 is 0 Å². The van der Waals surface area contributed by atoms with Gasteiger partial charge < -0.3 is 10.4 Å². The van der Waals surface area contributed by atoms with Crippen LogP contribution in [0, 0.1) is 6.92 Å². The van der Waals surface area contributed by atoms with Crippen LogP contribution in [0.1, 0.15) is 15.9 Å². The maximum atomic E-state index is 10.9. The highest BCUT2D eigenvalue weighted by atomic mass is 16.4. The number of hydrogen-bond donors (Lipinski definition) is 2. The molecule has 0 bridgehead atoms. The smallest absolute Gasteiger partial charge is 0.335 e. The molecule has 0 saturated heterocycles. The lowest BCUT2D eigenvalue weighted by Crippen LogP contribution is -2.01. The number of aromatic carboxylic acids is 1. The predicted molar refractivity (Wildman–Crippen MR) is 85.7 cm³/mol. The Labute approximate surface area is 132 Å². The van der Waals surface area contributed by atoms with Crippen molar-refractivity contribution >= 4 is 17.6 Å². The first-order valence-electron chi connectivity index (χ1n) is 6.96. The maximum Gasteiger partial charge on any atom is 0.335 e. The Bertz CT molecular complexity index is 855. The zero-order chi connectivity index (χ0) is 16.4. The second kappa shape index (κ2) is 5.88. The summed E-state index contributed by atoms with van der Waals surface area (Å²) in [6, 6.07) is 6.41. The van der Waals surface area contributed by atoms with Crippen LogP contribution in [0.25, 0.3) is 11.3 Å². The molecule has 0 spiro atoms. The minimum atomic E-state index is -0.956. The monoisotopic (exact) mass is 309 g/mol. The fourth-order valence-corrected chi connectivity index (χ4v) is 2.16. The van der Waals surface area contributed by atoms with Gasteiger partial charge in [-0.1, -0.05) is 0 Å². The van der Waals surface area contributed by atoms with Crippen LogP contribution in [0.5, 0.6) is 0 Å². The summed E-state index contributed by atoms with van der Waals surface area (Å²) >= 11 is 0. The van der Waals surface area contributed by atoms with Crippen molar-refractivity contribution in [2.24, 2.45) is 7.05 Å². The van der Waals surface area contributed by atoms with E-state index in [9.17, 15) is 4.79 Å². The third-order valence-electron chi connectivity index (χ3n) is 3.34. The van der Waals surface area contributed by atoms with E-state index in [1.807, 2.05) is 20.2 Å². The second-order valence-corrected chi connectivity index (χ2v) is 5.14. The van der Waals surface area contributed by atoms with Gasteiger partial charge in [0, 0.05) is 30.7 Å². The first-order chi connectivity index (χ1) is 11.0. The Balaban J connectivity index is 1.87. The second-order valence-electron chi connectivity index (χ2n) is 5.14. The minimum absolute atomic E-state index is 0.233. The van der Waals surface area contributed by atoms with Crippen molar-refractivity contribution in [1.29, 1.82) is 0 Å². The molecule has 2 aromatic heterocycles. The predicted octanol–water partition coefficient (Wildman–Crippen LogP) is 2.63. The highest BCUT2D eigenvalue weighted by Crippen LogP contribution is 2.22. The number of aromatic nitrogens is 4. The molecule has 1 aromatic carbocycles. The summed E-state index contributed by atoms with van der Waals surface area (Å²) in [4.78, 5) is 19.6. The number of anilines is 2. The van der Waals surface area contributed by atoms with Gasteiger partial charge >= 0.3 is 5.97 Å². The summed E-state index contributed by atoms with van der Waals surface area (Å²) < 4.78 is 1.72. The van der Waals surface area contributed by atoms with E-state index in [1.54, 1.807) is 29.2 Å². The van der Waals surface area contributed by atoms with Crippen LogP contribution < -0.4 is 5.32 Å². The SMILES string of the molecule is Cc1cnc(Nc2ccc(C(=O)O)cc2)nc1-c1cnn(C)c1. The Kier molecular flexibility index (Phi) is 3.76. The van der Waals surface area contributed by atoms with E-state index in [2.05, 4.69) is 20.4 Å². The van der Waals surface area contributed by atoms with Crippen molar-refractivity contribution in [3.63, 3.8) is 0 Å². The lowest BCUT2D eigenvalue weighted by molar-refractivity contribution is 0.0697. The van der Waals surface area contributed by atoms with Gasteiger partial charge in [0.25, 0.3) is 0 Å². The van der Waals surface area contributed by atoms with Crippen LogP contribution in [0.15, 0.2) is 42.9 Å². The van der Waals surface area contributed by atoms with Crippen LogP contribution in [0.4, 0.5) is 11.6 Å². The minimum Gasteiger partial charge on any atom is -0.478 e. The van der Waals surface area contributed by atoms with Gasteiger partial charge in [0.15, 0.2) is 0 Å². The summed E-state index contributed by atoms with van der Waals surface area (Å²) in [5, 5.41) is 16.1. The lowest BCUT2D eigenvalue weighted by Gasteiger charge is -2.08. The molecular weight excluding hydrogens is 294 g/mol. The van der Waals surface area contributed by atoms with Gasteiger partial charge in [-0.25, -0.2) is 14.8 Å². The number of hydrogen-bond acceptors (Lipinski definition) is 5. The van der Waals surface area contributed by atoms with Crippen molar-refractivity contribution < 1.29 is 9.90 Å². The van der Waals surface area contributed by atoms with Gasteiger partial charge in [-0.05, 0) is 36.8 Å². The average Bonchev–Trinajstić information content (AvgIpc) is 2.96. The third kappa shape index (κ3) is 3.18. The molecule has 3 aromatic rings. The molecule has 0 unspecified atom stereocenters. The normalized spacial score (nSPS) is 10.5. The van der Waals surface area contributed by atoms with Crippen LogP contribution in [-0.4, -0.2) is 30.8 Å². The average molecular weight is 309 g/mol. The zero-order valence-electron chi connectivity index (χ0n) is 12.7. The highest BCUT2D eigenvalue weighted by molar-refractivity contribution is 5.88. The first kappa shape index (κ1) is 14.7. The quantitative estimate of drug-likeness (QED) is 0.769. The maximum absolute atomic E-state index is 10.9. The molecule has 0 atom stereocenters. The largest absolute Gasteiger partial charge is 0.478 e. The molecular formula is C16H15N5O2. The van der Waals surface area contributed by atoms with Crippen LogP contribution in [0.2, 0.25) is 0 Å². The van der Waals surface area contributed by atoms with Crippen molar-refractivity contribution in [3.8, 4) is 11.3 Å². The van der Waals surface area contributed by atoms with Crippen LogP contribution >= 0.6 is 0 Å². The molecule has 0 fully saturated rings. The molecule has 0 saturated carbocycles. The molecule has 2 heterocycles. The summed E-state index contributed by atoms with van der Waals surface area (Å²) in [5.41, 5.74) is 3.62. The van der Waals surface area contributed by atoms with E-state index in [0.29, 0.717) is 5.95 Å². The molecule has 116 valence electrons. The number of rotatable bonds is 4.